The minimum absolute atomic E-state index is 0. The van der Waals surface area contributed by atoms with Gasteiger partial charge in [0.1, 0.15) is 0 Å². The third kappa shape index (κ3) is 10.4. The van der Waals surface area contributed by atoms with Crippen molar-refractivity contribution in [2.75, 3.05) is 32.7 Å². The van der Waals surface area contributed by atoms with Crippen molar-refractivity contribution in [3.05, 3.63) is 0 Å². The standard InChI is InChI=1S/C15H26F6N4O2S.HI/c1-2-22-13(23-8-4-3-7-14(16,17)18)24-11-12-5-9-25(10-6-12)28(26,27)15(19,20)21;/h12H,2-11H2,1H3,(H2,22,23,24);1H. The summed E-state index contributed by atoms with van der Waals surface area (Å²) < 4.78 is 97.2. The van der Waals surface area contributed by atoms with Crippen molar-refractivity contribution >= 4 is 40.0 Å². The molecular weight excluding hydrogens is 541 g/mol. The van der Waals surface area contributed by atoms with Crippen LogP contribution in [0.2, 0.25) is 0 Å². The zero-order chi connectivity index (χ0) is 21.4. The topological polar surface area (TPSA) is 73.8 Å². The molecule has 1 heterocycles. The van der Waals surface area contributed by atoms with Gasteiger partial charge in [0.2, 0.25) is 0 Å². The summed E-state index contributed by atoms with van der Waals surface area (Å²) in [5.41, 5.74) is -5.30. The van der Waals surface area contributed by atoms with E-state index in [-0.39, 0.29) is 68.8 Å². The molecule has 0 aliphatic carbocycles. The zero-order valence-corrected chi connectivity index (χ0v) is 19.1. The quantitative estimate of drug-likeness (QED) is 0.155. The lowest BCUT2D eigenvalue weighted by molar-refractivity contribution is -0.135. The van der Waals surface area contributed by atoms with Gasteiger partial charge in [0.25, 0.3) is 0 Å². The number of halogens is 7. The SMILES string of the molecule is CCNC(=NCC1CCN(S(=O)(=O)C(F)(F)F)CC1)NCCCCC(F)(F)F.I. The summed E-state index contributed by atoms with van der Waals surface area (Å²) in [6.07, 6.45) is -4.19. The smallest absolute Gasteiger partial charge is 0.357 e. The predicted molar refractivity (Wildman–Crippen MR) is 109 cm³/mol. The Hall–Kier alpha value is -0.510. The first-order valence-corrected chi connectivity index (χ1v) is 10.5. The summed E-state index contributed by atoms with van der Waals surface area (Å²) in [6, 6.07) is 0. The number of hydrogen-bond acceptors (Lipinski definition) is 3. The fourth-order valence-electron chi connectivity index (χ4n) is 2.70. The molecule has 0 aromatic heterocycles. The highest BCUT2D eigenvalue weighted by Crippen LogP contribution is 2.30. The van der Waals surface area contributed by atoms with E-state index >= 15 is 0 Å². The number of nitrogens with one attached hydrogen (secondary N) is 2. The highest BCUT2D eigenvalue weighted by atomic mass is 127. The number of guanidine groups is 1. The van der Waals surface area contributed by atoms with Crippen molar-refractivity contribution in [3.8, 4) is 0 Å². The lowest BCUT2D eigenvalue weighted by atomic mass is 9.98. The van der Waals surface area contributed by atoms with Crippen LogP contribution < -0.4 is 10.6 Å². The Labute approximate surface area is 183 Å². The fraction of sp³-hybridized carbons (Fsp3) is 0.933. The van der Waals surface area contributed by atoms with Gasteiger partial charge < -0.3 is 10.6 Å². The van der Waals surface area contributed by atoms with E-state index in [1.165, 1.54) is 0 Å². The van der Waals surface area contributed by atoms with Crippen molar-refractivity contribution in [3.63, 3.8) is 0 Å². The molecule has 14 heteroatoms. The zero-order valence-electron chi connectivity index (χ0n) is 15.9. The van der Waals surface area contributed by atoms with Crippen LogP contribution in [0, 0.1) is 5.92 Å². The first-order chi connectivity index (χ1) is 12.9. The summed E-state index contributed by atoms with van der Waals surface area (Å²) in [4.78, 5) is 4.30. The van der Waals surface area contributed by atoms with Crippen LogP contribution in [0.3, 0.4) is 0 Å². The summed E-state index contributed by atoms with van der Waals surface area (Å²) in [5.74, 6) is 0.347. The van der Waals surface area contributed by atoms with Crippen molar-refractivity contribution in [2.45, 2.75) is 50.7 Å². The largest absolute Gasteiger partial charge is 0.511 e. The molecule has 1 aliphatic rings. The van der Waals surface area contributed by atoms with E-state index in [1.807, 2.05) is 6.92 Å². The molecule has 0 aromatic carbocycles. The fourth-order valence-corrected chi connectivity index (χ4v) is 3.68. The van der Waals surface area contributed by atoms with Gasteiger partial charge in [0.15, 0.2) is 5.96 Å². The van der Waals surface area contributed by atoms with E-state index in [0.29, 0.717) is 29.8 Å². The summed E-state index contributed by atoms with van der Waals surface area (Å²) >= 11 is 0. The maximum absolute atomic E-state index is 12.6. The van der Waals surface area contributed by atoms with Crippen LogP contribution in [0.25, 0.3) is 0 Å². The van der Waals surface area contributed by atoms with Crippen LogP contribution in [-0.4, -0.2) is 63.1 Å². The lowest BCUT2D eigenvalue weighted by Gasteiger charge is -2.30. The molecule has 0 aromatic rings. The first kappa shape index (κ1) is 28.5. The van der Waals surface area contributed by atoms with E-state index in [1.54, 1.807) is 0 Å². The Bertz CT molecular complexity index is 605. The van der Waals surface area contributed by atoms with Crippen molar-refractivity contribution in [1.82, 2.24) is 14.9 Å². The maximum Gasteiger partial charge on any atom is 0.511 e. The molecule has 29 heavy (non-hydrogen) atoms. The molecule has 174 valence electrons. The number of hydrogen-bond donors (Lipinski definition) is 2. The van der Waals surface area contributed by atoms with Gasteiger partial charge in [-0.05, 0) is 38.5 Å². The highest BCUT2D eigenvalue weighted by Gasteiger charge is 2.50. The third-order valence-electron chi connectivity index (χ3n) is 4.24. The number of aliphatic imine (C=N–C) groups is 1. The normalized spacial score (nSPS) is 17.7. The molecular formula is C15H27F6IN4O2S. The van der Waals surface area contributed by atoms with Gasteiger partial charge in [0.05, 0.1) is 0 Å². The van der Waals surface area contributed by atoms with Crippen LogP contribution in [0.5, 0.6) is 0 Å². The number of piperidine rings is 1. The summed E-state index contributed by atoms with van der Waals surface area (Å²) in [5, 5.41) is 5.86. The molecule has 1 rings (SSSR count). The molecule has 1 aliphatic heterocycles. The monoisotopic (exact) mass is 568 g/mol. The maximum atomic E-state index is 12.6. The van der Waals surface area contributed by atoms with E-state index in [4.69, 9.17) is 0 Å². The molecule has 2 N–H and O–H groups in total. The van der Waals surface area contributed by atoms with Gasteiger partial charge in [-0.2, -0.15) is 30.6 Å². The second-order valence-corrected chi connectivity index (χ2v) is 8.44. The van der Waals surface area contributed by atoms with E-state index in [0.717, 1.165) is 0 Å². The van der Waals surface area contributed by atoms with Gasteiger partial charge >= 0.3 is 21.7 Å². The second kappa shape index (κ2) is 12.4. The van der Waals surface area contributed by atoms with Gasteiger partial charge in [0, 0.05) is 39.1 Å². The molecule has 0 saturated carbocycles. The van der Waals surface area contributed by atoms with Gasteiger partial charge in [-0.15, -0.1) is 24.0 Å². The Morgan fingerprint density at radius 2 is 1.66 bits per heavy atom. The lowest BCUT2D eigenvalue weighted by Crippen LogP contribution is -2.45. The molecule has 1 fully saturated rings. The van der Waals surface area contributed by atoms with E-state index in [9.17, 15) is 34.8 Å². The minimum atomic E-state index is -5.30. The molecule has 0 bridgehead atoms. The number of rotatable bonds is 8. The molecule has 1 saturated heterocycles. The van der Waals surface area contributed by atoms with Crippen molar-refractivity contribution in [1.29, 1.82) is 0 Å². The number of alkyl halides is 6. The van der Waals surface area contributed by atoms with Gasteiger partial charge in [-0.1, -0.05) is 0 Å². The Morgan fingerprint density at radius 3 is 2.14 bits per heavy atom. The summed E-state index contributed by atoms with van der Waals surface area (Å²) in [7, 11) is -5.30. The number of sulfonamides is 1. The van der Waals surface area contributed by atoms with Crippen LogP contribution in [0.1, 0.15) is 39.0 Å². The summed E-state index contributed by atoms with van der Waals surface area (Å²) in [6.45, 7) is 2.52. The third-order valence-corrected chi connectivity index (χ3v) is 5.87. The molecule has 6 nitrogen and oxygen atoms in total. The average Bonchev–Trinajstić information content (AvgIpc) is 2.57. The van der Waals surface area contributed by atoms with Crippen LogP contribution in [0.15, 0.2) is 4.99 Å². The van der Waals surface area contributed by atoms with Crippen LogP contribution >= 0.6 is 24.0 Å². The first-order valence-electron chi connectivity index (χ1n) is 9.02. The molecule has 0 radical (unpaired) electrons. The van der Waals surface area contributed by atoms with Crippen LogP contribution in [-0.2, 0) is 10.0 Å². The van der Waals surface area contributed by atoms with Crippen molar-refractivity contribution in [2.24, 2.45) is 10.9 Å². The van der Waals surface area contributed by atoms with Gasteiger partial charge in [-0.3, -0.25) is 4.99 Å². The molecule has 0 amide bonds. The highest BCUT2D eigenvalue weighted by molar-refractivity contribution is 14.0. The van der Waals surface area contributed by atoms with E-state index < -0.39 is 28.1 Å². The minimum Gasteiger partial charge on any atom is -0.357 e. The average molecular weight is 568 g/mol. The molecule has 0 atom stereocenters. The Balaban J connectivity index is 0.00000784. The molecule has 0 spiro atoms. The van der Waals surface area contributed by atoms with Gasteiger partial charge in [-0.25, -0.2) is 8.42 Å². The Kier molecular flexibility index (Phi) is 12.2. The number of unbranched alkanes of at least 4 members (excludes halogenated alkanes) is 1. The Morgan fingerprint density at radius 1 is 1.07 bits per heavy atom. The second-order valence-electron chi connectivity index (χ2n) is 6.51. The van der Waals surface area contributed by atoms with Crippen molar-refractivity contribution < 1.29 is 34.8 Å². The van der Waals surface area contributed by atoms with Crippen LogP contribution in [0.4, 0.5) is 26.3 Å². The molecule has 0 unspecified atom stereocenters. The number of nitrogens with zero attached hydrogens (tertiary/aromatic N) is 2. The van der Waals surface area contributed by atoms with E-state index in [2.05, 4.69) is 15.6 Å². The predicted octanol–water partition coefficient (Wildman–Crippen LogP) is 3.45.